The largest absolute Gasteiger partial charge is 0.482 e. The Bertz CT molecular complexity index is 767. The number of carbonyl (C=O) groups excluding carboxylic acids is 2. The number of halogens is 1. The van der Waals surface area contributed by atoms with Gasteiger partial charge in [0.2, 0.25) is 0 Å². The molecule has 0 radical (unpaired) electrons. The second-order valence-electron chi connectivity index (χ2n) is 5.54. The fourth-order valence-corrected chi connectivity index (χ4v) is 2.31. The van der Waals surface area contributed by atoms with Crippen LogP contribution in [0.15, 0.2) is 48.5 Å². The standard InChI is InChI=1S/C19H21ClN2O4/c1-3-15(26-16-10-6-4-8-13(16)2)19(24)22-21-18(23)12-25-17-11-7-5-9-14(17)20/h4-11,15H,3,12H2,1-2H3,(H,21,23)(H,22,24). The molecule has 0 fully saturated rings. The molecule has 6 nitrogen and oxygen atoms in total. The van der Waals surface area contributed by atoms with Gasteiger partial charge in [-0.3, -0.25) is 20.4 Å². The first-order chi connectivity index (χ1) is 12.5. The van der Waals surface area contributed by atoms with Crippen LogP contribution in [0.25, 0.3) is 0 Å². The van der Waals surface area contributed by atoms with Crippen molar-refractivity contribution in [3.8, 4) is 11.5 Å². The van der Waals surface area contributed by atoms with Gasteiger partial charge in [-0.1, -0.05) is 48.9 Å². The number of para-hydroxylation sites is 2. The smallest absolute Gasteiger partial charge is 0.279 e. The molecule has 0 spiro atoms. The number of hydrogen-bond acceptors (Lipinski definition) is 4. The summed E-state index contributed by atoms with van der Waals surface area (Å²) in [6.07, 6.45) is -0.271. The van der Waals surface area contributed by atoms with Gasteiger partial charge in [0.1, 0.15) is 11.5 Å². The van der Waals surface area contributed by atoms with Crippen molar-refractivity contribution in [3.05, 3.63) is 59.1 Å². The molecule has 0 heterocycles. The number of rotatable bonds is 7. The number of benzene rings is 2. The molecule has 1 unspecified atom stereocenters. The quantitative estimate of drug-likeness (QED) is 0.728. The van der Waals surface area contributed by atoms with Gasteiger partial charge in [-0.2, -0.15) is 0 Å². The molecule has 2 amide bonds. The lowest BCUT2D eigenvalue weighted by atomic mass is 10.2. The third-order valence-corrected chi connectivity index (χ3v) is 3.86. The van der Waals surface area contributed by atoms with Crippen LogP contribution in [0, 0.1) is 6.92 Å². The van der Waals surface area contributed by atoms with Crippen LogP contribution in [0.3, 0.4) is 0 Å². The van der Waals surface area contributed by atoms with E-state index in [1.165, 1.54) is 0 Å². The summed E-state index contributed by atoms with van der Waals surface area (Å²) in [5.41, 5.74) is 5.58. The van der Waals surface area contributed by atoms with Gasteiger partial charge in [-0.25, -0.2) is 0 Å². The predicted octanol–water partition coefficient (Wildman–Crippen LogP) is 3.03. The normalized spacial score (nSPS) is 11.3. The van der Waals surface area contributed by atoms with Crippen molar-refractivity contribution in [2.45, 2.75) is 26.4 Å². The zero-order valence-electron chi connectivity index (χ0n) is 14.6. The molecule has 0 saturated heterocycles. The highest BCUT2D eigenvalue weighted by Crippen LogP contribution is 2.22. The summed E-state index contributed by atoms with van der Waals surface area (Å²) in [6.45, 7) is 3.44. The van der Waals surface area contributed by atoms with Crippen LogP contribution in [0.5, 0.6) is 11.5 Å². The maximum Gasteiger partial charge on any atom is 0.279 e. The van der Waals surface area contributed by atoms with E-state index in [4.69, 9.17) is 21.1 Å². The first-order valence-corrected chi connectivity index (χ1v) is 8.57. The van der Waals surface area contributed by atoms with E-state index in [1.54, 1.807) is 30.3 Å². The summed E-state index contributed by atoms with van der Waals surface area (Å²) in [5.74, 6) is 0.0682. The molecule has 1 atom stereocenters. The van der Waals surface area contributed by atoms with Gasteiger partial charge in [0.05, 0.1) is 5.02 Å². The highest BCUT2D eigenvalue weighted by Gasteiger charge is 2.19. The topological polar surface area (TPSA) is 76.7 Å². The van der Waals surface area contributed by atoms with Gasteiger partial charge in [0.25, 0.3) is 11.8 Å². The molecular formula is C19H21ClN2O4. The third kappa shape index (κ3) is 5.67. The van der Waals surface area contributed by atoms with Crippen molar-refractivity contribution >= 4 is 23.4 Å². The number of hydrazine groups is 1. The van der Waals surface area contributed by atoms with Crippen LogP contribution in [0.2, 0.25) is 5.02 Å². The van der Waals surface area contributed by atoms with Gasteiger partial charge in [0, 0.05) is 0 Å². The Balaban J connectivity index is 1.81. The SMILES string of the molecule is CCC(Oc1ccccc1C)C(=O)NNC(=O)COc1ccccc1Cl. The van der Waals surface area contributed by atoms with E-state index in [0.717, 1.165) is 5.56 Å². The molecular weight excluding hydrogens is 356 g/mol. The number of amides is 2. The third-order valence-electron chi connectivity index (χ3n) is 3.55. The molecule has 0 aliphatic heterocycles. The molecule has 0 aliphatic rings. The second kappa shape index (κ2) is 9.68. The van der Waals surface area contributed by atoms with Crippen molar-refractivity contribution < 1.29 is 19.1 Å². The lowest BCUT2D eigenvalue weighted by Gasteiger charge is -2.18. The second-order valence-corrected chi connectivity index (χ2v) is 5.94. The van der Waals surface area contributed by atoms with Crippen LogP contribution >= 0.6 is 11.6 Å². The molecule has 0 aromatic heterocycles. The lowest BCUT2D eigenvalue weighted by molar-refractivity contribution is -0.134. The van der Waals surface area contributed by atoms with E-state index in [-0.39, 0.29) is 6.61 Å². The van der Waals surface area contributed by atoms with Crippen molar-refractivity contribution in [2.75, 3.05) is 6.61 Å². The van der Waals surface area contributed by atoms with E-state index in [0.29, 0.717) is 22.9 Å². The van der Waals surface area contributed by atoms with E-state index in [1.807, 2.05) is 32.0 Å². The van der Waals surface area contributed by atoms with Crippen LogP contribution < -0.4 is 20.3 Å². The number of nitrogens with one attached hydrogen (secondary N) is 2. The van der Waals surface area contributed by atoms with Gasteiger partial charge in [-0.05, 0) is 37.1 Å². The highest BCUT2D eigenvalue weighted by molar-refractivity contribution is 6.32. The van der Waals surface area contributed by atoms with Crippen molar-refractivity contribution in [3.63, 3.8) is 0 Å². The first kappa shape index (κ1) is 19.6. The molecule has 0 aliphatic carbocycles. The maximum atomic E-state index is 12.2. The van der Waals surface area contributed by atoms with Crippen molar-refractivity contribution in [1.82, 2.24) is 10.9 Å². The summed E-state index contributed by atoms with van der Waals surface area (Å²) in [5, 5.41) is 0.405. The average molecular weight is 377 g/mol. The Kier molecular flexibility index (Phi) is 7.29. The zero-order chi connectivity index (χ0) is 18.9. The Morgan fingerprint density at radius 1 is 1.04 bits per heavy atom. The maximum absolute atomic E-state index is 12.2. The number of ether oxygens (including phenoxy) is 2. The van der Waals surface area contributed by atoms with Gasteiger partial charge >= 0.3 is 0 Å². The zero-order valence-corrected chi connectivity index (χ0v) is 15.4. The Morgan fingerprint density at radius 3 is 2.35 bits per heavy atom. The molecule has 2 rings (SSSR count). The predicted molar refractivity (Wildman–Crippen MR) is 99.1 cm³/mol. The summed E-state index contributed by atoms with van der Waals surface area (Å²) < 4.78 is 11.0. The Morgan fingerprint density at radius 2 is 1.69 bits per heavy atom. The molecule has 2 aromatic rings. The van der Waals surface area contributed by atoms with E-state index < -0.39 is 17.9 Å². The number of hydrogen-bond donors (Lipinski definition) is 2. The molecule has 0 bridgehead atoms. The van der Waals surface area contributed by atoms with Crippen molar-refractivity contribution in [1.29, 1.82) is 0 Å². The average Bonchev–Trinajstić information content (AvgIpc) is 2.64. The molecule has 0 saturated carbocycles. The summed E-state index contributed by atoms with van der Waals surface area (Å²) in [4.78, 5) is 24.0. The minimum Gasteiger partial charge on any atom is -0.482 e. The molecule has 2 N–H and O–H groups in total. The summed E-state index contributed by atoms with van der Waals surface area (Å²) in [6, 6.07) is 14.2. The van der Waals surface area contributed by atoms with Gasteiger partial charge in [0.15, 0.2) is 12.7 Å². The monoisotopic (exact) mass is 376 g/mol. The van der Waals surface area contributed by atoms with E-state index in [9.17, 15) is 9.59 Å². The fourth-order valence-electron chi connectivity index (χ4n) is 2.12. The molecule has 7 heteroatoms. The van der Waals surface area contributed by atoms with Gasteiger partial charge < -0.3 is 9.47 Å². The van der Waals surface area contributed by atoms with Crippen LogP contribution in [-0.4, -0.2) is 24.5 Å². The highest BCUT2D eigenvalue weighted by atomic mass is 35.5. The Hall–Kier alpha value is -2.73. The van der Waals surface area contributed by atoms with Crippen LogP contribution in [0.1, 0.15) is 18.9 Å². The van der Waals surface area contributed by atoms with Crippen LogP contribution in [0.4, 0.5) is 0 Å². The first-order valence-electron chi connectivity index (χ1n) is 8.19. The minimum absolute atomic E-state index is 0.278. The Labute approximate surface area is 157 Å². The molecule has 2 aromatic carbocycles. The lowest BCUT2D eigenvalue weighted by Crippen LogP contribution is -2.49. The van der Waals surface area contributed by atoms with E-state index in [2.05, 4.69) is 10.9 Å². The van der Waals surface area contributed by atoms with Gasteiger partial charge in [-0.15, -0.1) is 0 Å². The van der Waals surface area contributed by atoms with Crippen molar-refractivity contribution in [2.24, 2.45) is 0 Å². The molecule has 26 heavy (non-hydrogen) atoms. The fraction of sp³-hybridized carbons (Fsp3) is 0.263. The number of aryl methyl sites for hydroxylation is 1. The van der Waals surface area contributed by atoms with E-state index >= 15 is 0 Å². The summed E-state index contributed by atoms with van der Waals surface area (Å²) >= 11 is 5.94. The minimum atomic E-state index is -0.721. The molecule has 138 valence electrons. The summed E-state index contributed by atoms with van der Waals surface area (Å²) in [7, 11) is 0. The van der Waals surface area contributed by atoms with Crippen LogP contribution in [-0.2, 0) is 9.59 Å². The number of carbonyl (C=O) groups is 2.